The highest BCUT2D eigenvalue weighted by atomic mass is 16.1. The van der Waals surface area contributed by atoms with E-state index in [-0.39, 0.29) is 0 Å². The van der Waals surface area contributed by atoms with Gasteiger partial charge in [-0.2, -0.15) is 0 Å². The monoisotopic (exact) mass is 206 g/mol. The fourth-order valence-electron chi connectivity index (χ4n) is 2.35. The first-order valence-electron chi connectivity index (χ1n) is 6.31. The van der Waals surface area contributed by atoms with E-state index in [1.54, 1.807) is 0 Å². The third kappa shape index (κ3) is 5.02. The van der Waals surface area contributed by atoms with Crippen molar-refractivity contribution in [3.8, 4) is 12.3 Å². The molecule has 15 heavy (non-hydrogen) atoms. The number of hydrogen-bond acceptors (Lipinski definition) is 1. The van der Waals surface area contributed by atoms with Gasteiger partial charge >= 0.3 is 0 Å². The molecule has 0 heterocycles. The lowest BCUT2D eigenvalue weighted by atomic mass is 9.86. The van der Waals surface area contributed by atoms with Crippen molar-refractivity contribution in [1.82, 2.24) is 0 Å². The van der Waals surface area contributed by atoms with Crippen molar-refractivity contribution in [2.75, 3.05) is 0 Å². The largest absolute Gasteiger partial charge is 0.299 e. The van der Waals surface area contributed by atoms with Gasteiger partial charge in [0.2, 0.25) is 0 Å². The highest BCUT2D eigenvalue weighted by molar-refractivity contribution is 5.80. The van der Waals surface area contributed by atoms with Crippen LogP contribution in [0.25, 0.3) is 0 Å². The lowest BCUT2D eigenvalue weighted by Crippen LogP contribution is -2.15. The highest BCUT2D eigenvalue weighted by Gasteiger charge is 2.18. The number of unbranched alkanes of at least 4 members (excludes halogenated alkanes) is 1. The zero-order chi connectivity index (χ0) is 10.9. The number of ketones is 1. The minimum atomic E-state index is 0.350. The number of carbonyl (C=O) groups excluding carboxylic acids is 1. The third-order valence-electron chi connectivity index (χ3n) is 3.30. The maximum atomic E-state index is 11.9. The zero-order valence-electron chi connectivity index (χ0n) is 9.63. The fourth-order valence-corrected chi connectivity index (χ4v) is 2.35. The van der Waals surface area contributed by atoms with Gasteiger partial charge in [-0.15, -0.1) is 12.3 Å². The molecule has 1 aliphatic carbocycles. The first-order valence-corrected chi connectivity index (χ1v) is 6.31. The predicted octanol–water partition coefficient (Wildman–Crippen LogP) is 3.72. The molecular weight excluding hydrogens is 184 g/mol. The number of carbonyl (C=O) groups is 1. The number of hydrogen-bond donors (Lipinski definition) is 0. The van der Waals surface area contributed by atoms with E-state index in [1.165, 1.54) is 32.1 Å². The standard InChI is InChI=1S/C14H22O/c1-2-3-7-12-14(15)13-10-8-5-4-6-9-11-13/h1,13H,3-12H2. The first kappa shape index (κ1) is 12.3. The van der Waals surface area contributed by atoms with Crippen LogP contribution in [0.5, 0.6) is 0 Å². The molecule has 0 aromatic heterocycles. The van der Waals surface area contributed by atoms with Crippen molar-refractivity contribution < 1.29 is 4.79 Å². The van der Waals surface area contributed by atoms with Crippen LogP contribution in [0.3, 0.4) is 0 Å². The van der Waals surface area contributed by atoms with Gasteiger partial charge in [0.15, 0.2) is 0 Å². The van der Waals surface area contributed by atoms with Gasteiger partial charge in [-0.1, -0.05) is 32.1 Å². The molecule has 1 nitrogen and oxygen atoms in total. The van der Waals surface area contributed by atoms with Crippen LogP contribution in [0.2, 0.25) is 0 Å². The Bertz CT molecular complexity index is 216. The molecule has 1 fully saturated rings. The van der Waals surface area contributed by atoms with Gasteiger partial charge in [0.05, 0.1) is 0 Å². The summed E-state index contributed by atoms with van der Waals surface area (Å²) in [6, 6.07) is 0. The minimum absolute atomic E-state index is 0.350. The SMILES string of the molecule is C#CCCCC(=O)C1CCCCCCC1. The Morgan fingerprint density at radius 1 is 1.13 bits per heavy atom. The molecule has 0 aromatic carbocycles. The highest BCUT2D eigenvalue weighted by Crippen LogP contribution is 2.24. The summed E-state index contributed by atoms with van der Waals surface area (Å²) in [6.45, 7) is 0. The predicted molar refractivity (Wildman–Crippen MR) is 63.5 cm³/mol. The van der Waals surface area contributed by atoms with Gasteiger partial charge in [0, 0.05) is 18.8 Å². The van der Waals surface area contributed by atoms with Gasteiger partial charge in [0.25, 0.3) is 0 Å². The minimum Gasteiger partial charge on any atom is -0.299 e. The van der Waals surface area contributed by atoms with Gasteiger partial charge in [-0.05, 0) is 19.3 Å². The summed E-state index contributed by atoms with van der Waals surface area (Å²) in [7, 11) is 0. The Morgan fingerprint density at radius 2 is 1.73 bits per heavy atom. The molecule has 0 radical (unpaired) electrons. The average Bonchev–Trinajstić information content (AvgIpc) is 2.17. The van der Waals surface area contributed by atoms with E-state index < -0.39 is 0 Å². The first-order chi connectivity index (χ1) is 7.34. The molecule has 0 aromatic rings. The Labute approximate surface area is 93.6 Å². The van der Waals surface area contributed by atoms with Crippen LogP contribution in [0.1, 0.15) is 64.2 Å². The summed E-state index contributed by atoms with van der Waals surface area (Å²) in [6.07, 6.45) is 16.2. The van der Waals surface area contributed by atoms with Crippen LogP contribution in [-0.4, -0.2) is 5.78 Å². The van der Waals surface area contributed by atoms with E-state index in [1.807, 2.05) is 0 Å². The van der Waals surface area contributed by atoms with E-state index >= 15 is 0 Å². The summed E-state index contributed by atoms with van der Waals surface area (Å²) in [5.74, 6) is 3.41. The summed E-state index contributed by atoms with van der Waals surface area (Å²) < 4.78 is 0. The van der Waals surface area contributed by atoms with E-state index in [0.29, 0.717) is 18.1 Å². The second kappa shape index (κ2) is 7.51. The quantitative estimate of drug-likeness (QED) is 0.506. The molecule has 0 N–H and O–H groups in total. The fraction of sp³-hybridized carbons (Fsp3) is 0.786. The maximum Gasteiger partial charge on any atom is 0.136 e. The Balaban J connectivity index is 2.26. The molecule has 0 spiro atoms. The van der Waals surface area contributed by atoms with Gasteiger partial charge in [0.1, 0.15) is 5.78 Å². The van der Waals surface area contributed by atoms with E-state index in [9.17, 15) is 4.79 Å². The van der Waals surface area contributed by atoms with Crippen LogP contribution in [0.15, 0.2) is 0 Å². The zero-order valence-corrected chi connectivity index (χ0v) is 9.63. The van der Waals surface area contributed by atoms with E-state index in [0.717, 1.165) is 25.7 Å². The van der Waals surface area contributed by atoms with Crippen molar-refractivity contribution in [3.63, 3.8) is 0 Å². The molecule has 84 valence electrons. The Morgan fingerprint density at radius 3 is 2.33 bits per heavy atom. The number of terminal acetylenes is 1. The lowest BCUT2D eigenvalue weighted by molar-refractivity contribution is -0.123. The van der Waals surface area contributed by atoms with Gasteiger partial charge < -0.3 is 0 Å². The van der Waals surface area contributed by atoms with Crippen molar-refractivity contribution >= 4 is 5.78 Å². The Kier molecular flexibility index (Phi) is 6.16. The molecular formula is C14H22O. The van der Waals surface area contributed by atoms with Crippen LogP contribution in [-0.2, 0) is 4.79 Å². The summed E-state index contributed by atoms with van der Waals surface area (Å²) >= 11 is 0. The van der Waals surface area contributed by atoms with Crippen molar-refractivity contribution in [3.05, 3.63) is 0 Å². The molecule has 1 aliphatic rings. The molecule has 1 saturated carbocycles. The molecule has 0 unspecified atom stereocenters. The lowest BCUT2D eigenvalue weighted by Gasteiger charge is -2.18. The molecule has 1 heteroatoms. The third-order valence-corrected chi connectivity index (χ3v) is 3.30. The summed E-state index contributed by atoms with van der Waals surface area (Å²) in [4.78, 5) is 11.9. The number of Topliss-reactive ketones (excluding diaryl/α,β-unsaturated/α-hetero) is 1. The van der Waals surface area contributed by atoms with E-state index in [4.69, 9.17) is 6.42 Å². The molecule has 1 rings (SSSR count). The molecule has 0 amide bonds. The van der Waals surface area contributed by atoms with Crippen LogP contribution < -0.4 is 0 Å². The molecule has 0 bridgehead atoms. The van der Waals surface area contributed by atoms with Crippen molar-refractivity contribution in [2.45, 2.75) is 64.2 Å². The van der Waals surface area contributed by atoms with Crippen LogP contribution in [0.4, 0.5) is 0 Å². The second-order valence-corrected chi connectivity index (χ2v) is 4.57. The van der Waals surface area contributed by atoms with Crippen LogP contribution >= 0.6 is 0 Å². The van der Waals surface area contributed by atoms with Gasteiger partial charge in [-0.25, -0.2) is 0 Å². The normalized spacial score (nSPS) is 18.9. The summed E-state index contributed by atoms with van der Waals surface area (Å²) in [5.41, 5.74) is 0. The Hall–Kier alpha value is -0.770. The maximum absolute atomic E-state index is 11.9. The van der Waals surface area contributed by atoms with E-state index in [2.05, 4.69) is 5.92 Å². The van der Waals surface area contributed by atoms with Crippen molar-refractivity contribution in [1.29, 1.82) is 0 Å². The molecule has 0 aliphatic heterocycles. The molecule has 0 atom stereocenters. The van der Waals surface area contributed by atoms with Crippen molar-refractivity contribution in [2.24, 2.45) is 5.92 Å². The summed E-state index contributed by atoms with van der Waals surface area (Å²) in [5, 5.41) is 0. The smallest absolute Gasteiger partial charge is 0.136 e. The molecule has 0 saturated heterocycles. The van der Waals surface area contributed by atoms with Gasteiger partial charge in [-0.3, -0.25) is 4.79 Å². The van der Waals surface area contributed by atoms with Crippen LogP contribution in [0, 0.1) is 18.3 Å². The topological polar surface area (TPSA) is 17.1 Å². The number of rotatable bonds is 4. The second-order valence-electron chi connectivity index (χ2n) is 4.57. The average molecular weight is 206 g/mol.